The number of nitrogens with one attached hydrogen (secondary N) is 1. The van der Waals surface area contributed by atoms with Gasteiger partial charge in [0, 0.05) is 6.04 Å². The molecule has 1 N–H and O–H groups in total. The SMILES string of the molecule is CC(=O)COC(=O)c1cc(S(=O)(=O)NC2CC2)ccc1C. The van der Waals surface area contributed by atoms with Crippen molar-refractivity contribution in [2.45, 2.75) is 37.6 Å². The number of hydrogen-bond acceptors (Lipinski definition) is 5. The third-order valence-electron chi connectivity index (χ3n) is 3.04. The van der Waals surface area contributed by atoms with Gasteiger partial charge in [0.1, 0.15) is 6.61 Å². The summed E-state index contributed by atoms with van der Waals surface area (Å²) in [6.07, 6.45) is 1.66. The number of sulfonamides is 1. The molecular weight excluding hydrogens is 294 g/mol. The van der Waals surface area contributed by atoms with Crippen molar-refractivity contribution in [1.82, 2.24) is 4.72 Å². The van der Waals surface area contributed by atoms with Crippen LogP contribution in [0.2, 0.25) is 0 Å². The van der Waals surface area contributed by atoms with Crippen LogP contribution >= 0.6 is 0 Å². The van der Waals surface area contributed by atoms with Crippen LogP contribution in [0.15, 0.2) is 23.1 Å². The van der Waals surface area contributed by atoms with Crippen molar-refractivity contribution >= 4 is 21.8 Å². The lowest BCUT2D eigenvalue weighted by molar-refractivity contribution is -0.120. The topological polar surface area (TPSA) is 89.5 Å². The summed E-state index contributed by atoms with van der Waals surface area (Å²) in [6.45, 7) is 2.66. The number of hydrogen-bond donors (Lipinski definition) is 1. The van der Waals surface area contributed by atoms with Crippen LogP contribution in [0.4, 0.5) is 0 Å². The van der Waals surface area contributed by atoms with E-state index >= 15 is 0 Å². The second kappa shape index (κ2) is 5.95. The lowest BCUT2D eigenvalue weighted by Gasteiger charge is -2.10. The molecule has 21 heavy (non-hydrogen) atoms. The Kier molecular flexibility index (Phi) is 4.43. The van der Waals surface area contributed by atoms with Crippen molar-refractivity contribution in [1.29, 1.82) is 0 Å². The molecule has 0 radical (unpaired) electrons. The van der Waals surface area contributed by atoms with E-state index in [4.69, 9.17) is 4.74 Å². The molecule has 0 unspecified atom stereocenters. The number of ether oxygens (including phenoxy) is 1. The number of benzene rings is 1. The predicted octanol–water partition coefficient (Wildman–Crippen LogP) is 1.18. The standard InChI is InChI=1S/C14H17NO5S/c1-9-3-6-12(21(18,19)15-11-4-5-11)7-13(9)14(17)20-8-10(2)16/h3,6-7,11,15H,4-5,8H2,1-2H3. The van der Waals surface area contributed by atoms with E-state index < -0.39 is 16.0 Å². The minimum absolute atomic E-state index is 0.00980. The smallest absolute Gasteiger partial charge is 0.338 e. The molecule has 0 spiro atoms. The Morgan fingerprint density at radius 3 is 2.57 bits per heavy atom. The average Bonchev–Trinajstić information content (AvgIpc) is 3.19. The Balaban J connectivity index is 2.24. The second-order valence-electron chi connectivity index (χ2n) is 5.15. The van der Waals surface area contributed by atoms with Crippen LogP contribution in [-0.2, 0) is 19.6 Å². The normalized spacial score (nSPS) is 14.8. The van der Waals surface area contributed by atoms with Crippen molar-refractivity contribution in [3.05, 3.63) is 29.3 Å². The van der Waals surface area contributed by atoms with Crippen LogP contribution in [-0.4, -0.2) is 32.8 Å². The lowest BCUT2D eigenvalue weighted by atomic mass is 10.1. The molecule has 0 saturated heterocycles. The van der Waals surface area contributed by atoms with Crippen LogP contribution in [0.1, 0.15) is 35.7 Å². The molecule has 7 heteroatoms. The first kappa shape index (κ1) is 15.7. The molecule has 0 heterocycles. The summed E-state index contributed by atoms with van der Waals surface area (Å²) in [5, 5.41) is 0. The summed E-state index contributed by atoms with van der Waals surface area (Å²) in [5.74, 6) is -0.980. The van der Waals surface area contributed by atoms with Crippen molar-refractivity contribution in [2.75, 3.05) is 6.61 Å². The molecular formula is C14H17NO5S. The highest BCUT2D eigenvalue weighted by atomic mass is 32.2. The minimum Gasteiger partial charge on any atom is -0.454 e. The summed E-state index contributed by atoms with van der Waals surface area (Å²) >= 11 is 0. The van der Waals surface area contributed by atoms with Crippen LogP contribution in [0.5, 0.6) is 0 Å². The van der Waals surface area contributed by atoms with E-state index in [-0.39, 0.29) is 28.9 Å². The van der Waals surface area contributed by atoms with Gasteiger partial charge >= 0.3 is 5.97 Å². The number of esters is 1. The summed E-state index contributed by atoms with van der Waals surface area (Å²) in [5.41, 5.74) is 0.740. The number of rotatable bonds is 6. The molecule has 114 valence electrons. The number of carbonyl (C=O) groups is 2. The van der Waals surface area contributed by atoms with E-state index in [1.165, 1.54) is 19.1 Å². The van der Waals surface area contributed by atoms with Gasteiger partial charge in [-0.2, -0.15) is 0 Å². The van der Waals surface area contributed by atoms with Gasteiger partial charge in [-0.15, -0.1) is 0 Å². The van der Waals surface area contributed by atoms with Crippen LogP contribution in [0, 0.1) is 6.92 Å². The van der Waals surface area contributed by atoms with Gasteiger partial charge in [-0.3, -0.25) is 4.79 Å². The van der Waals surface area contributed by atoms with Crippen molar-refractivity contribution in [3.8, 4) is 0 Å². The van der Waals surface area contributed by atoms with Crippen molar-refractivity contribution < 1.29 is 22.7 Å². The Morgan fingerprint density at radius 1 is 1.33 bits per heavy atom. The molecule has 1 aromatic carbocycles. The number of carbonyl (C=O) groups excluding carboxylic acids is 2. The lowest BCUT2D eigenvalue weighted by Crippen LogP contribution is -2.26. The first-order valence-corrected chi connectivity index (χ1v) is 8.07. The third-order valence-corrected chi connectivity index (χ3v) is 4.56. The van der Waals surface area contributed by atoms with Crippen LogP contribution in [0.25, 0.3) is 0 Å². The van der Waals surface area contributed by atoms with E-state index in [9.17, 15) is 18.0 Å². The molecule has 0 bridgehead atoms. The van der Waals surface area contributed by atoms with E-state index in [1.54, 1.807) is 13.0 Å². The van der Waals surface area contributed by atoms with E-state index in [0.717, 1.165) is 12.8 Å². The zero-order valence-corrected chi connectivity index (χ0v) is 12.7. The fourth-order valence-electron chi connectivity index (χ4n) is 1.72. The Bertz CT molecular complexity index is 677. The molecule has 6 nitrogen and oxygen atoms in total. The van der Waals surface area contributed by atoms with Crippen LogP contribution in [0.3, 0.4) is 0 Å². The Morgan fingerprint density at radius 2 is 2.00 bits per heavy atom. The first-order chi connectivity index (χ1) is 9.79. The summed E-state index contributed by atoms with van der Waals surface area (Å²) in [6, 6.07) is 4.26. The molecule has 1 aromatic rings. The highest BCUT2D eigenvalue weighted by molar-refractivity contribution is 7.89. The first-order valence-electron chi connectivity index (χ1n) is 6.59. The maximum absolute atomic E-state index is 12.1. The number of Topliss-reactive ketones (excluding diaryl/α,β-unsaturated/α-hetero) is 1. The van der Waals surface area contributed by atoms with Gasteiger partial charge in [0.15, 0.2) is 5.78 Å². The monoisotopic (exact) mass is 311 g/mol. The summed E-state index contributed by atoms with van der Waals surface area (Å²) < 4.78 is 31.6. The van der Waals surface area contributed by atoms with Crippen LogP contribution < -0.4 is 4.72 Å². The molecule has 1 aliphatic rings. The average molecular weight is 311 g/mol. The largest absolute Gasteiger partial charge is 0.454 e. The molecule has 1 fully saturated rings. The van der Waals surface area contributed by atoms with Gasteiger partial charge in [-0.25, -0.2) is 17.9 Å². The predicted molar refractivity (Wildman–Crippen MR) is 75.5 cm³/mol. The second-order valence-corrected chi connectivity index (χ2v) is 6.86. The van der Waals surface area contributed by atoms with E-state index in [0.29, 0.717) is 5.56 Å². The molecule has 0 aromatic heterocycles. The van der Waals surface area contributed by atoms with Gasteiger partial charge in [-0.05, 0) is 44.4 Å². The zero-order valence-electron chi connectivity index (χ0n) is 11.9. The highest BCUT2D eigenvalue weighted by Crippen LogP contribution is 2.23. The van der Waals surface area contributed by atoms with Crippen molar-refractivity contribution in [2.24, 2.45) is 0 Å². The minimum atomic E-state index is -3.63. The Labute approximate surface area is 123 Å². The maximum atomic E-state index is 12.1. The third kappa shape index (κ3) is 4.12. The Hall–Kier alpha value is -1.73. The fraction of sp³-hybridized carbons (Fsp3) is 0.429. The van der Waals surface area contributed by atoms with E-state index in [1.807, 2.05) is 0 Å². The van der Waals surface area contributed by atoms with Gasteiger partial charge in [0.05, 0.1) is 10.5 Å². The fourth-order valence-corrected chi connectivity index (χ4v) is 3.05. The molecule has 0 amide bonds. The number of ketones is 1. The highest BCUT2D eigenvalue weighted by Gasteiger charge is 2.28. The van der Waals surface area contributed by atoms with Gasteiger partial charge in [0.2, 0.25) is 10.0 Å². The van der Waals surface area contributed by atoms with Gasteiger partial charge in [-0.1, -0.05) is 6.07 Å². The van der Waals surface area contributed by atoms with Gasteiger partial charge < -0.3 is 4.74 Å². The molecule has 1 aliphatic carbocycles. The summed E-state index contributed by atoms with van der Waals surface area (Å²) in [4.78, 5) is 22.8. The van der Waals surface area contributed by atoms with E-state index in [2.05, 4.69) is 4.72 Å². The summed E-state index contributed by atoms with van der Waals surface area (Å²) in [7, 11) is -3.63. The molecule has 1 saturated carbocycles. The molecule has 2 rings (SSSR count). The van der Waals surface area contributed by atoms with Crippen molar-refractivity contribution in [3.63, 3.8) is 0 Å². The maximum Gasteiger partial charge on any atom is 0.338 e. The molecule has 0 aliphatic heterocycles. The van der Waals surface area contributed by atoms with Gasteiger partial charge in [0.25, 0.3) is 0 Å². The number of aryl methyl sites for hydroxylation is 1. The zero-order chi connectivity index (χ0) is 15.6. The quantitative estimate of drug-likeness (QED) is 0.797. The molecule has 0 atom stereocenters.